The van der Waals surface area contributed by atoms with Crippen LogP contribution in [0.4, 0.5) is 0 Å². The van der Waals surface area contributed by atoms with Gasteiger partial charge in [-0.05, 0) is 32.3 Å². The summed E-state index contributed by atoms with van der Waals surface area (Å²) in [4.78, 5) is 11.6. The number of allylic oxidation sites excluding steroid dienone is 2. The lowest BCUT2D eigenvalue weighted by molar-refractivity contribution is -0.117. The van der Waals surface area contributed by atoms with Gasteiger partial charge >= 0.3 is 0 Å². The zero-order valence-electron chi connectivity index (χ0n) is 10.0. The molecule has 1 rings (SSSR count). The van der Waals surface area contributed by atoms with Crippen molar-refractivity contribution in [2.45, 2.75) is 33.3 Å². The zero-order chi connectivity index (χ0) is 11.6. The molecule has 3 atom stereocenters. The normalized spacial score (nSPS) is 28.5. The van der Waals surface area contributed by atoms with E-state index in [1.807, 2.05) is 26.8 Å². The highest BCUT2D eigenvalue weighted by atomic mass is 16.5. The average molecular weight is 208 g/mol. The van der Waals surface area contributed by atoms with Gasteiger partial charge < -0.3 is 4.74 Å². The van der Waals surface area contributed by atoms with Crippen LogP contribution in [0, 0.1) is 11.8 Å². The molecule has 84 valence electrons. The molecule has 0 saturated heterocycles. The summed E-state index contributed by atoms with van der Waals surface area (Å²) in [5, 5.41) is 0. The van der Waals surface area contributed by atoms with Crippen LogP contribution in [-0.4, -0.2) is 19.0 Å². The van der Waals surface area contributed by atoms with Crippen molar-refractivity contribution in [2.24, 2.45) is 11.8 Å². The van der Waals surface area contributed by atoms with Crippen LogP contribution in [0.2, 0.25) is 0 Å². The van der Waals surface area contributed by atoms with Gasteiger partial charge in [0.2, 0.25) is 0 Å². The Hall–Kier alpha value is -0.890. The molecule has 1 aliphatic rings. The molecular formula is C13H20O2. The number of carbonyl (C=O) groups is 1. The van der Waals surface area contributed by atoms with Crippen molar-refractivity contribution in [3.05, 3.63) is 23.8 Å². The maximum atomic E-state index is 11.6. The molecule has 0 amide bonds. The number of ether oxygens (including phenoxy) is 1. The van der Waals surface area contributed by atoms with E-state index in [0.29, 0.717) is 6.42 Å². The summed E-state index contributed by atoms with van der Waals surface area (Å²) in [5.74, 6) is 0.754. The molecule has 0 aromatic heterocycles. The third-order valence-corrected chi connectivity index (χ3v) is 3.30. The molecule has 1 unspecified atom stereocenters. The second-order valence-corrected chi connectivity index (χ2v) is 4.45. The quantitative estimate of drug-likeness (QED) is 0.667. The number of rotatable bonds is 3. The van der Waals surface area contributed by atoms with E-state index in [1.54, 1.807) is 7.11 Å². The van der Waals surface area contributed by atoms with Crippen molar-refractivity contribution >= 4 is 5.78 Å². The smallest absolute Gasteiger partial charge is 0.158 e. The van der Waals surface area contributed by atoms with Crippen molar-refractivity contribution in [1.82, 2.24) is 0 Å². The highest BCUT2D eigenvalue weighted by molar-refractivity contribution is 5.96. The van der Waals surface area contributed by atoms with Gasteiger partial charge in [-0.25, -0.2) is 0 Å². The summed E-state index contributed by atoms with van der Waals surface area (Å²) in [5.41, 5.74) is 1.93. The number of hydrogen-bond donors (Lipinski definition) is 0. The van der Waals surface area contributed by atoms with Crippen molar-refractivity contribution in [3.8, 4) is 0 Å². The molecule has 0 aliphatic heterocycles. The van der Waals surface area contributed by atoms with Crippen LogP contribution in [-0.2, 0) is 9.53 Å². The van der Waals surface area contributed by atoms with Gasteiger partial charge in [-0.3, -0.25) is 4.79 Å². The number of methoxy groups -OCH3 is 1. The zero-order valence-corrected chi connectivity index (χ0v) is 10.0. The van der Waals surface area contributed by atoms with E-state index in [2.05, 4.69) is 6.58 Å². The second-order valence-electron chi connectivity index (χ2n) is 4.45. The first-order chi connectivity index (χ1) is 6.97. The van der Waals surface area contributed by atoms with E-state index in [1.165, 1.54) is 0 Å². The molecule has 0 heterocycles. The fourth-order valence-electron chi connectivity index (χ4n) is 2.12. The Kier molecular flexibility index (Phi) is 3.86. The van der Waals surface area contributed by atoms with Crippen molar-refractivity contribution in [2.75, 3.05) is 7.11 Å². The fourth-order valence-corrected chi connectivity index (χ4v) is 2.12. The number of hydrogen-bond acceptors (Lipinski definition) is 2. The molecule has 0 aromatic rings. The Morgan fingerprint density at radius 3 is 2.73 bits per heavy atom. The summed E-state index contributed by atoms with van der Waals surface area (Å²) in [6.45, 7) is 9.88. The predicted octanol–water partition coefficient (Wildman–Crippen LogP) is 2.75. The minimum atomic E-state index is 0.134. The van der Waals surface area contributed by atoms with Crippen LogP contribution in [0.3, 0.4) is 0 Å². The highest BCUT2D eigenvalue weighted by Gasteiger charge is 2.32. The van der Waals surface area contributed by atoms with E-state index in [0.717, 1.165) is 11.1 Å². The Balaban J connectivity index is 2.97. The van der Waals surface area contributed by atoms with Crippen molar-refractivity contribution in [1.29, 1.82) is 0 Å². The lowest BCUT2D eigenvalue weighted by Gasteiger charge is -2.32. The van der Waals surface area contributed by atoms with E-state index in [-0.39, 0.29) is 23.7 Å². The van der Waals surface area contributed by atoms with Crippen LogP contribution in [0.5, 0.6) is 0 Å². The molecule has 0 aromatic carbocycles. The number of Topliss-reactive ketones (excluding diaryl/α,β-unsaturated/α-hetero) is 1. The van der Waals surface area contributed by atoms with Gasteiger partial charge in [0.15, 0.2) is 5.78 Å². The van der Waals surface area contributed by atoms with Gasteiger partial charge in [-0.1, -0.05) is 18.2 Å². The maximum Gasteiger partial charge on any atom is 0.158 e. The average Bonchev–Trinajstić information content (AvgIpc) is 2.20. The Labute approximate surface area is 92.0 Å². The number of carbonyl (C=O) groups excluding carboxylic acids is 1. The van der Waals surface area contributed by atoms with Crippen molar-refractivity contribution < 1.29 is 9.53 Å². The lowest BCUT2D eigenvalue weighted by atomic mass is 9.75. The largest absolute Gasteiger partial charge is 0.381 e. The molecule has 0 radical (unpaired) electrons. The lowest BCUT2D eigenvalue weighted by Crippen LogP contribution is -2.32. The fraction of sp³-hybridized carbons (Fsp3) is 0.615. The van der Waals surface area contributed by atoms with Crippen molar-refractivity contribution in [3.63, 3.8) is 0 Å². The topological polar surface area (TPSA) is 26.3 Å². The first-order valence-corrected chi connectivity index (χ1v) is 5.37. The summed E-state index contributed by atoms with van der Waals surface area (Å²) in [6, 6.07) is 0. The van der Waals surface area contributed by atoms with Crippen LogP contribution >= 0.6 is 0 Å². The minimum absolute atomic E-state index is 0.134. The summed E-state index contributed by atoms with van der Waals surface area (Å²) in [7, 11) is 1.71. The second kappa shape index (κ2) is 4.75. The monoisotopic (exact) mass is 208 g/mol. The standard InChI is InChI=1S/C13H20O2/c1-8(2)11-7-13(14)9(3)6-12(11)10(4)15-5/h6,10-12H,1,7H2,2-5H3/t10?,11-,12-/m0/s1. The van der Waals surface area contributed by atoms with Gasteiger partial charge in [-0.2, -0.15) is 0 Å². The molecule has 2 heteroatoms. The minimum Gasteiger partial charge on any atom is -0.381 e. The van der Waals surface area contributed by atoms with E-state index >= 15 is 0 Å². The first-order valence-electron chi connectivity index (χ1n) is 5.37. The molecule has 2 nitrogen and oxygen atoms in total. The Bertz CT molecular complexity index is 302. The predicted molar refractivity (Wildman–Crippen MR) is 61.6 cm³/mol. The Morgan fingerprint density at radius 1 is 1.67 bits per heavy atom. The van der Waals surface area contributed by atoms with Crippen LogP contribution in [0.15, 0.2) is 23.8 Å². The van der Waals surface area contributed by atoms with E-state index in [4.69, 9.17) is 4.74 Å². The van der Waals surface area contributed by atoms with E-state index < -0.39 is 0 Å². The third-order valence-electron chi connectivity index (χ3n) is 3.30. The van der Waals surface area contributed by atoms with Crippen LogP contribution in [0.1, 0.15) is 27.2 Å². The molecule has 0 fully saturated rings. The van der Waals surface area contributed by atoms with Crippen LogP contribution in [0.25, 0.3) is 0 Å². The summed E-state index contributed by atoms with van der Waals surface area (Å²) >= 11 is 0. The SMILES string of the molecule is C=C(C)[C@@H]1CC(=O)C(C)=C[C@H]1C(C)OC. The molecule has 0 spiro atoms. The molecule has 0 bridgehead atoms. The van der Waals surface area contributed by atoms with Gasteiger partial charge in [0.25, 0.3) is 0 Å². The van der Waals surface area contributed by atoms with E-state index in [9.17, 15) is 4.79 Å². The summed E-state index contributed by atoms with van der Waals surface area (Å²) < 4.78 is 5.36. The van der Waals surface area contributed by atoms with Crippen LogP contribution < -0.4 is 0 Å². The molecule has 1 aliphatic carbocycles. The number of ketones is 1. The molecule has 0 N–H and O–H groups in total. The van der Waals surface area contributed by atoms with Gasteiger partial charge in [0.05, 0.1) is 6.10 Å². The molecule has 0 saturated carbocycles. The summed E-state index contributed by atoms with van der Waals surface area (Å²) in [6.07, 6.45) is 2.75. The van der Waals surface area contributed by atoms with Gasteiger partial charge in [-0.15, -0.1) is 0 Å². The highest BCUT2D eigenvalue weighted by Crippen LogP contribution is 2.34. The first kappa shape index (κ1) is 12.2. The van der Waals surface area contributed by atoms with Gasteiger partial charge in [0, 0.05) is 19.4 Å². The molecular weight excluding hydrogens is 188 g/mol. The molecule has 15 heavy (non-hydrogen) atoms. The van der Waals surface area contributed by atoms with Gasteiger partial charge in [0.1, 0.15) is 0 Å². The maximum absolute atomic E-state index is 11.6. The third kappa shape index (κ3) is 2.57. The Morgan fingerprint density at radius 2 is 2.27 bits per heavy atom.